The molecule has 0 aliphatic heterocycles. The van der Waals surface area contributed by atoms with Crippen LogP contribution in [0.5, 0.6) is 0 Å². The number of nitrogens with two attached hydrogens (primary N) is 1. The number of sulfonamides is 1. The highest BCUT2D eigenvalue weighted by atomic mass is 32.2. The van der Waals surface area contributed by atoms with Gasteiger partial charge >= 0.3 is 0 Å². The summed E-state index contributed by atoms with van der Waals surface area (Å²) >= 11 is 0. The molecule has 26 heavy (non-hydrogen) atoms. The summed E-state index contributed by atoms with van der Waals surface area (Å²) in [7, 11) is -3.81. The number of benzene rings is 2. The number of furan rings is 1. The molecule has 0 saturated heterocycles. The molecule has 0 fully saturated rings. The third-order valence-corrected chi connectivity index (χ3v) is 4.94. The van der Waals surface area contributed by atoms with Crippen molar-refractivity contribution in [3.8, 4) is 22.6 Å². The van der Waals surface area contributed by atoms with Gasteiger partial charge in [0, 0.05) is 5.56 Å². The average Bonchev–Trinajstić information content (AvgIpc) is 3.15. The van der Waals surface area contributed by atoms with Crippen molar-refractivity contribution in [3.05, 3.63) is 77.2 Å². The highest BCUT2D eigenvalue weighted by molar-refractivity contribution is 7.89. The molecule has 4 rings (SSSR count). The van der Waals surface area contributed by atoms with Crippen LogP contribution in [0, 0.1) is 0 Å². The molecule has 4 aromatic rings. The van der Waals surface area contributed by atoms with Gasteiger partial charge in [0.1, 0.15) is 22.7 Å². The van der Waals surface area contributed by atoms with E-state index in [1.807, 2.05) is 0 Å². The molecular formula is C19H13NO5S. The zero-order valence-electron chi connectivity index (χ0n) is 13.4. The zero-order chi connectivity index (χ0) is 18.3. The van der Waals surface area contributed by atoms with Crippen LogP contribution in [0.3, 0.4) is 0 Å². The minimum Gasteiger partial charge on any atom is -0.464 e. The SMILES string of the molecule is NS(=O)(=O)c1ccc(-c2oc3ccccc3c(=O)c2-c2ccco2)cc1. The molecule has 2 aromatic heterocycles. The quantitative estimate of drug-likeness (QED) is 0.598. The highest BCUT2D eigenvalue weighted by Gasteiger charge is 2.20. The third kappa shape index (κ3) is 2.73. The summed E-state index contributed by atoms with van der Waals surface area (Å²) in [5.74, 6) is 0.666. The molecule has 0 bridgehead atoms. The van der Waals surface area contributed by atoms with Gasteiger partial charge in [0.2, 0.25) is 15.5 Å². The molecule has 0 atom stereocenters. The molecule has 0 amide bonds. The lowest BCUT2D eigenvalue weighted by Crippen LogP contribution is -2.12. The van der Waals surface area contributed by atoms with Gasteiger partial charge in [-0.15, -0.1) is 0 Å². The summed E-state index contributed by atoms with van der Waals surface area (Å²) in [4.78, 5) is 13.0. The minimum atomic E-state index is -3.81. The van der Waals surface area contributed by atoms with Gasteiger partial charge in [0.15, 0.2) is 0 Å². The lowest BCUT2D eigenvalue weighted by Gasteiger charge is -2.09. The Morgan fingerprint density at radius 2 is 1.62 bits per heavy atom. The van der Waals surface area contributed by atoms with Crippen LogP contribution >= 0.6 is 0 Å². The largest absolute Gasteiger partial charge is 0.464 e. The van der Waals surface area contributed by atoms with Gasteiger partial charge in [-0.25, -0.2) is 13.6 Å². The normalized spacial score (nSPS) is 11.7. The topological polar surface area (TPSA) is 104 Å². The second kappa shape index (κ2) is 5.98. The molecule has 2 heterocycles. The van der Waals surface area contributed by atoms with Gasteiger partial charge in [0.25, 0.3) is 0 Å². The van der Waals surface area contributed by atoms with Gasteiger partial charge < -0.3 is 8.83 Å². The number of fused-ring (bicyclic) bond motifs is 1. The lowest BCUT2D eigenvalue weighted by molar-refractivity contribution is 0.573. The van der Waals surface area contributed by atoms with E-state index in [0.29, 0.717) is 28.1 Å². The first kappa shape index (κ1) is 16.3. The molecule has 0 unspecified atom stereocenters. The van der Waals surface area contributed by atoms with E-state index in [9.17, 15) is 13.2 Å². The van der Waals surface area contributed by atoms with Crippen LogP contribution in [-0.4, -0.2) is 8.42 Å². The van der Waals surface area contributed by atoms with E-state index >= 15 is 0 Å². The van der Waals surface area contributed by atoms with E-state index in [0.717, 1.165) is 0 Å². The fourth-order valence-corrected chi connectivity index (χ4v) is 3.30. The van der Waals surface area contributed by atoms with Crippen LogP contribution in [0.4, 0.5) is 0 Å². The Balaban J connectivity index is 2.03. The summed E-state index contributed by atoms with van der Waals surface area (Å²) in [5, 5.41) is 5.57. The van der Waals surface area contributed by atoms with E-state index in [-0.39, 0.29) is 15.9 Å². The fraction of sp³-hybridized carbons (Fsp3) is 0. The van der Waals surface area contributed by atoms with Crippen LogP contribution in [0.2, 0.25) is 0 Å². The predicted octanol–water partition coefficient (Wildman–Crippen LogP) is 3.37. The van der Waals surface area contributed by atoms with E-state index in [4.69, 9.17) is 14.0 Å². The van der Waals surface area contributed by atoms with Crippen molar-refractivity contribution < 1.29 is 17.3 Å². The summed E-state index contributed by atoms with van der Waals surface area (Å²) < 4.78 is 34.3. The van der Waals surface area contributed by atoms with Crippen molar-refractivity contribution in [2.75, 3.05) is 0 Å². The van der Waals surface area contributed by atoms with Crippen molar-refractivity contribution in [2.45, 2.75) is 4.90 Å². The number of rotatable bonds is 3. The molecule has 2 aromatic carbocycles. The molecule has 7 heteroatoms. The Morgan fingerprint density at radius 1 is 0.885 bits per heavy atom. The Bertz CT molecular complexity index is 1250. The van der Waals surface area contributed by atoms with E-state index in [1.54, 1.807) is 48.5 Å². The number of para-hydroxylation sites is 1. The van der Waals surface area contributed by atoms with Crippen molar-refractivity contribution in [2.24, 2.45) is 5.14 Å². The minimum absolute atomic E-state index is 0.0241. The molecule has 0 aliphatic carbocycles. The first-order valence-corrected chi connectivity index (χ1v) is 9.23. The second-order valence-electron chi connectivity index (χ2n) is 5.68. The molecule has 0 aliphatic rings. The molecule has 0 saturated carbocycles. The standard InChI is InChI=1S/C19H13NO5S/c20-26(22,23)13-9-7-12(8-10-13)19-17(16-6-3-11-24-16)18(21)14-4-1-2-5-15(14)25-19/h1-11H,(H2,20,22,23). The second-order valence-corrected chi connectivity index (χ2v) is 7.24. The molecule has 0 spiro atoms. The van der Waals surface area contributed by atoms with Crippen LogP contribution in [-0.2, 0) is 10.0 Å². The zero-order valence-corrected chi connectivity index (χ0v) is 14.2. The molecule has 2 N–H and O–H groups in total. The van der Waals surface area contributed by atoms with Crippen LogP contribution in [0.25, 0.3) is 33.6 Å². The fourth-order valence-electron chi connectivity index (χ4n) is 2.79. The van der Waals surface area contributed by atoms with Crippen molar-refractivity contribution >= 4 is 21.0 Å². The van der Waals surface area contributed by atoms with Crippen molar-refractivity contribution in [3.63, 3.8) is 0 Å². The Kier molecular flexibility index (Phi) is 3.75. The summed E-state index contributed by atoms with van der Waals surface area (Å²) in [5.41, 5.74) is 1.01. The lowest BCUT2D eigenvalue weighted by atomic mass is 10.0. The van der Waals surface area contributed by atoms with Gasteiger partial charge in [-0.05, 0) is 48.5 Å². The van der Waals surface area contributed by atoms with E-state index in [2.05, 4.69) is 0 Å². The number of hydrogen-bond acceptors (Lipinski definition) is 5. The van der Waals surface area contributed by atoms with Crippen LogP contribution in [0.1, 0.15) is 0 Å². The van der Waals surface area contributed by atoms with Gasteiger partial charge in [0.05, 0.1) is 16.5 Å². The Morgan fingerprint density at radius 3 is 2.27 bits per heavy atom. The van der Waals surface area contributed by atoms with E-state index < -0.39 is 10.0 Å². The maximum absolute atomic E-state index is 13.0. The number of hydrogen-bond donors (Lipinski definition) is 1. The first-order valence-electron chi connectivity index (χ1n) is 7.68. The Hall–Kier alpha value is -3.16. The van der Waals surface area contributed by atoms with Crippen molar-refractivity contribution in [1.82, 2.24) is 0 Å². The summed E-state index contributed by atoms with van der Waals surface area (Å²) in [6, 6.07) is 16.1. The summed E-state index contributed by atoms with van der Waals surface area (Å²) in [6.07, 6.45) is 1.47. The Labute approximate surface area is 148 Å². The molecule has 130 valence electrons. The van der Waals surface area contributed by atoms with Crippen LogP contribution < -0.4 is 10.6 Å². The van der Waals surface area contributed by atoms with Gasteiger partial charge in [-0.3, -0.25) is 4.79 Å². The van der Waals surface area contributed by atoms with Gasteiger partial charge in [-0.1, -0.05) is 12.1 Å². The van der Waals surface area contributed by atoms with E-state index in [1.165, 1.54) is 18.4 Å². The maximum Gasteiger partial charge on any atom is 0.238 e. The summed E-state index contributed by atoms with van der Waals surface area (Å²) in [6.45, 7) is 0. The number of primary sulfonamides is 1. The maximum atomic E-state index is 13.0. The molecule has 0 radical (unpaired) electrons. The predicted molar refractivity (Wildman–Crippen MR) is 97.0 cm³/mol. The van der Waals surface area contributed by atoms with Crippen LogP contribution in [0.15, 0.2) is 85.5 Å². The highest BCUT2D eigenvalue weighted by Crippen LogP contribution is 2.33. The molecule has 6 nitrogen and oxygen atoms in total. The first-order chi connectivity index (χ1) is 12.4. The van der Waals surface area contributed by atoms with Crippen molar-refractivity contribution in [1.29, 1.82) is 0 Å². The molecular weight excluding hydrogens is 354 g/mol. The monoisotopic (exact) mass is 367 g/mol. The third-order valence-electron chi connectivity index (χ3n) is 4.01. The van der Waals surface area contributed by atoms with Gasteiger partial charge in [-0.2, -0.15) is 0 Å². The smallest absolute Gasteiger partial charge is 0.238 e. The average molecular weight is 367 g/mol.